The normalized spacial score (nSPS) is 16.1. The number of aromatic nitrogens is 1. The Morgan fingerprint density at radius 2 is 1.78 bits per heavy atom. The number of hydrogen-bond acceptors (Lipinski definition) is 5. The second kappa shape index (κ2) is 8.13. The highest BCUT2D eigenvalue weighted by atomic mass is 16.6. The molecule has 8 nitrogen and oxygen atoms in total. The molecule has 0 radical (unpaired) electrons. The maximum Gasteiger partial charge on any atom is 0.285 e. The van der Waals surface area contributed by atoms with Crippen LogP contribution in [0.25, 0.3) is 0 Å². The van der Waals surface area contributed by atoms with Gasteiger partial charge >= 0.3 is 0 Å². The van der Waals surface area contributed by atoms with Crippen LogP contribution in [0.4, 0.5) is 5.69 Å². The van der Waals surface area contributed by atoms with Crippen molar-refractivity contribution in [1.29, 1.82) is 0 Å². The smallest absolute Gasteiger partial charge is 0.285 e. The van der Waals surface area contributed by atoms with E-state index in [1.807, 2.05) is 18.2 Å². The van der Waals surface area contributed by atoms with E-state index in [1.54, 1.807) is 4.90 Å². The number of carbonyl (C=O) groups excluding carboxylic acids is 1. The first-order valence-corrected chi connectivity index (χ1v) is 8.87. The maximum absolute atomic E-state index is 12.5. The molecule has 1 fully saturated rings. The van der Waals surface area contributed by atoms with Crippen LogP contribution >= 0.6 is 0 Å². The largest absolute Gasteiger partial charge is 0.339 e. The van der Waals surface area contributed by atoms with Crippen molar-refractivity contribution in [3.8, 4) is 0 Å². The van der Waals surface area contributed by atoms with Crippen molar-refractivity contribution < 1.29 is 9.72 Å². The van der Waals surface area contributed by atoms with Crippen LogP contribution < -0.4 is 5.56 Å². The van der Waals surface area contributed by atoms with Gasteiger partial charge in [-0.2, -0.15) is 0 Å². The lowest BCUT2D eigenvalue weighted by Crippen LogP contribution is -2.50. The first-order valence-electron chi connectivity index (χ1n) is 8.87. The molecule has 0 aliphatic carbocycles. The van der Waals surface area contributed by atoms with E-state index < -0.39 is 10.5 Å². The monoisotopic (exact) mass is 370 g/mol. The highest BCUT2D eigenvalue weighted by Crippen LogP contribution is 2.21. The molecule has 142 valence electrons. The molecule has 1 aromatic carbocycles. The number of hydrogen-bond donors (Lipinski definition) is 0. The molecule has 2 heterocycles. The Hall–Kier alpha value is -3.00. The van der Waals surface area contributed by atoms with Crippen molar-refractivity contribution in [2.45, 2.75) is 19.5 Å². The Morgan fingerprint density at radius 1 is 1.11 bits per heavy atom. The zero-order valence-corrected chi connectivity index (χ0v) is 15.2. The summed E-state index contributed by atoms with van der Waals surface area (Å²) in [7, 11) is 0. The number of rotatable bonds is 5. The summed E-state index contributed by atoms with van der Waals surface area (Å²) in [6.45, 7) is 4.58. The van der Waals surface area contributed by atoms with Gasteiger partial charge in [-0.1, -0.05) is 30.3 Å². The molecule has 0 N–H and O–H groups in total. The number of amides is 1. The second-order valence-corrected chi connectivity index (χ2v) is 6.61. The number of pyridine rings is 1. The minimum Gasteiger partial charge on any atom is -0.339 e. The molecule has 1 amide bonds. The van der Waals surface area contributed by atoms with E-state index in [4.69, 9.17) is 0 Å². The van der Waals surface area contributed by atoms with Gasteiger partial charge in [0.1, 0.15) is 6.54 Å². The molecule has 3 rings (SSSR count). The molecule has 1 aliphatic heterocycles. The predicted molar refractivity (Wildman–Crippen MR) is 100 cm³/mol. The van der Waals surface area contributed by atoms with Crippen LogP contribution in [-0.2, 0) is 11.3 Å². The third-order valence-electron chi connectivity index (χ3n) is 4.98. The van der Waals surface area contributed by atoms with Gasteiger partial charge in [0.25, 0.3) is 11.2 Å². The Labute approximate surface area is 156 Å². The van der Waals surface area contributed by atoms with Crippen LogP contribution in [0.5, 0.6) is 0 Å². The number of benzene rings is 1. The molecule has 1 aromatic heterocycles. The Morgan fingerprint density at radius 3 is 2.41 bits per heavy atom. The summed E-state index contributed by atoms with van der Waals surface area (Å²) in [4.78, 5) is 38.7. The van der Waals surface area contributed by atoms with Crippen molar-refractivity contribution in [3.63, 3.8) is 0 Å². The average molecular weight is 370 g/mol. The lowest BCUT2D eigenvalue weighted by molar-refractivity contribution is -0.385. The molecule has 27 heavy (non-hydrogen) atoms. The summed E-state index contributed by atoms with van der Waals surface area (Å²) in [6.07, 6.45) is 1.12. The highest BCUT2D eigenvalue weighted by molar-refractivity contribution is 5.76. The molecule has 0 unspecified atom stereocenters. The Kier molecular flexibility index (Phi) is 5.66. The van der Waals surface area contributed by atoms with Gasteiger partial charge in [0.15, 0.2) is 0 Å². The zero-order chi connectivity index (χ0) is 19.4. The summed E-state index contributed by atoms with van der Waals surface area (Å²) in [5.41, 5.74) is 0.606. The summed E-state index contributed by atoms with van der Waals surface area (Å²) >= 11 is 0. The summed E-state index contributed by atoms with van der Waals surface area (Å²) in [6, 6.07) is 12.7. The van der Waals surface area contributed by atoms with Gasteiger partial charge in [-0.05, 0) is 12.5 Å². The second-order valence-electron chi connectivity index (χ2n) is 6.61. The molecule has 1 atom stereocenters. The fourth-order valence-electron chi connectivity index (χ4n) is 3.30. The van der Waals surface area contributed by atoms with Gasteiger partial charge in [0.05, 0.1) is 11.1 Å². The van der Waals surface area contributed by atoms with Crippen molar-refractivity contribution in [2.75, 3.05) is 26.2 Å². The average Bonchev–Trinajstić information content (AvgIpc) is 2.69. The van der Waals surface area contributed by atoms with Crippen LogP contribution in [0.3, 0.4) is 0 Å². The van der Waals surface area contributed by atoms with Crippen LogP contribution in [-0.4, -0.2) is 51.4 Å². The number of nitro groups is 1. The number of carbonyl (C=O) groups is 1. The summed E-state index contributed by atoms with van der Waals surface area (Å²) < 4.78 is 1.10. The third kappa shape index (κ3) is 4.40. The first kappa shape index (κ1) is 18.8. The fraction of sp³-hybridized carbons (Fsp3) is 0.368. The van der Waals surface area contributed by atoms with Gasteiger partial charge in [0, 0.05) is 44.4 Å². The van der Waals surface area contributed by atoms with E-state index in [1.165, 1.54) is 5.56 Å². The van der Waals surface area contributed by atoms with Crippen LogP contribution in [0.1, 0.15) is 18.5 Å². The Bertz CT molecular complexity index is 873. The fourth-order valence-corrected chi connectivity index (χ4v) is 3.30. The van der Waals surface area contributed by atoms with Crippen molar-refractivity contribution in [2.24, 2.45) is 0 Å². The summed E-state index contributed by atoms with van der Waals surface area (Å²) in [5, 5.41) is 10.9. The predicted octanol–water partition coefficient (Wildman–Crippen LogP) is 1.66. The molecule has 0 bridgehead atoms. The molecule has 2 aromatic rings. The topological polar surface area (TPSA) is 88.7 Å². The number of nitrogens with zero attached hydrogens (tertiary/aromatic N) is 4. The first-order chi connectivity index (χ1) is 13.0. The van der Waals surface area contributed by atoms with E-state index in [2.05, 4.69) is 24.0 Å². The van der Waals surface area contributed by atoms with E-state index in [0.29, 0.717) is 13.1 Å². The zero-order valence-electron chi connectivity index (χ0n) is 15.2. The van der Waals surface area contributed by atoms with Gasteiger partial charge in [0.2, 0.25) is 5.91 Å². The van der Waals surface area contributed by atoms with Crippen molar-refractivity contribution in [1.82, 2.24) is 14.4 Å². The highest BCUT2D eigenvalue weighted by Gasteiger charge is 2.25. The van der Waals surface area contributed by atoms with E-state index in [9.17, 15) is 19.7 Å². The molecule has 1 saturated heterocycles. The maximum atomic E-state index is 12.5. The Balaban J connectivity index is 1.60. The molecule has 0 spiro atoms. The van der Waals surface area contributed by atoms with Gasteiger partial charge < -0.3 is 4.90 Å². The third-order valence-corrected chi connectivity index (χ3v) is 4.98. The standard InChI is InChI=1S/C19H22N4O4/c1-15(16-5-3-2-4-6-16)20-9-11-21(12-10-20)19(25)14-22-13-17(23(26)27)7-8-18(22)24/h2-8,13,15H,9-12,14H2,1H3/t15-/m1/s1. The minimum atomic E-state index is -0.579. The molecule has 8 heteroatoms. The lowest BCUT2D eigenvalue weighted by Gasteiger charge is -2.38. The quantitative estimate of drug-likeness (QED) is 0.590. The van der Waals surface area contributed by atoms with Gasteiger partial charge in [-0.25, -0.2) is 0 Å². The van der Waals surface area contributed by atoms with Gasteiger partial charge in [-0.15, -0.1) is 0 Å². The molecular weight excluding hydrogens is 348 g/mol. The summed E-state index contributed by atoms with van der Waals surface area (Å²) in [5.74, 6) is -0.204. The lowest BCUT2D eigenvalue weighted by atomic mass is 10.1. The van der Waals surface area contributed by atoms with Gasteiger partial charge in [-0.3, -0.25) is 29.2 Å². The molecule has 0 saturated carbocycles. The van der Waals surface area contributed by atoms with Crippen LogP contribution in [0.15, 0.2) is 53.5 Å². The van der Waals surface area contributed by atoms with E-state index >= 15 is 0 Å². The minimum absolute atomic E-state index is 0.186. The van der Waals surface area contributed by atoms with Crippen molar-refractivity contribution >= 4 is 11.6 Å². The molecule has 1 aliphatic rings. The van der Waals surface area contributed by atoms with E-state index in [0.717, 1.165) is 36.0 Å². The van der Waals surface area contributed by atoms with Crippen LogP contribution in [0, 0.1) is 10.1 Å². The van der Waals surface area contributed by atoms with Crippen LogP contribution in [0.2, 0.25) is 0 Å². The SMILES string of the molecule is C[C@H](c1ccccc1)N1CCN(C(=O)Cn2cc([N+](=O)[O-])ccc2=O)CC1. The molecular formula is C19H22N4O4. The van der Waals surface area contributed by atoms with E-state index in [-0.39, 0.29) is 24.2 Å². The number of piperazine rings is 1. The van der Waals surface area contributed by atoms with Crippen molar-refractivity contribution in [3.05, 3.63) is 74.7 Å².